The topological polar surface area (TPSA) is 51.2 Å². The molecule has 0 aliphatic carbocycles. The summed E-state index contributed by atoms with van der Waals surface area (Å²) in [6, 6.07) is 13.0. The normalized spacial score (nSPS) is 12.3. The van der Waals surface area contributed by atoms with Crippen LogP contribution in [-0.2, 0) is 6.54 Å². The number of benzene rings is 2. The van der Waals surface area contributed by atoms with Crippen molar-refractivity contribution in [3.63, 3.8) is 0 Å². The fraction of sp³-hybridized carbons (Fsp3) is 0.478. The molecule has 0 bridgehead atoms. The van der Waals surface area contributed by atoms with E-state index in [-0.39, 0.29) is 6.61 Å². The Hall–Kier alpha value is -1.95. The molecule has 2 aromatic carbocycles. The molecule has 2 rings (SSSR count). The van der Waals surface area contributed by atoms with E-state index in [0.29, 0.717) is 35.5 Å². The Balaban J connectivity index is 2.02. The lowest BCUT2D eigenvalue weighted by Gasteiger charge is -2.27. The first kappa shape index (κ1) is 23.3. The van der Waals surface area contributed by atoms with Crippen LogP contribution < -0.4 is 14.2 Å². The molecule has 160 valence electrons. The first-order valence-corrected chi connectivity index (χ1v) is 10.3. The van der Waals surface area contributed by atoms with Gasteiger partial charge >= 0.3 is 0 Å². The van der Waals surface area contributed by atoms with Crippen LogP contribution in [0.1, 0.15) is 25.8 Å². The van der Waals surface area contributed by atoms with Crippen molar-refractivity contribution in [1.29, 1.82) is 0 Å². The number of ether oxygens (including phenoxy) is 3. The Bertz CT molecular complexity index is 736. The summed E-state index contributed by atoms with van der Waals surface area (Å²) in [5.41, 5.74) is 1.03. The van der Waals surface area contributed by atoms with Crippen LogP contribution >= 0.6 is 11.6 Å². The summed E-state index contributed by atoms with van der Waals surface area (Å²) in [6.45, 7) is 6.64. The quantitative estimate of drug-likeness (QED) is 0.540. The third-order valence-corrected chi connectivity index (χ3v) is 4.88. The van der Waals surface area contributed by atoms with E-state index < -0.39 is 6.10 Å². The predicted octanol–water partition coefficient (Wildman–Crippen LogP) is 4.65. The minimum atomic E-state index is -0.616. The minimum absolute atomic E-state index is 0.217. The number of para-hydroxylation sites is 1. The Kier molecular flexibility index (Phi) is 9.58. The second-order valence-electron chi connectivity index (χ2n) is 7.49. The molecule has 0 amide bonds. The fourth-order valence-electron chi connectivity index (χ4n) is 3.07. The summed E-state index contributed by atoms with van der Waals surface area (Å²) >= 11 is 5.90. The summed E-state index contributed by atoms with van der Waals surface area (Å²) in [7, 11) is 3.28. The standard InChI is InChI=1S/C23H32ClNO4/c1-17(2)12-13-25(14-18-6-5-7-22(27-3)23(18)28-4)15-20(26)16-29-21-10-8-19(24)9-11-21/h5-11,17,20,26H,12-16H2,1-4H3/t20-/m0/s1. The van der Waals surface area contributed by atoms with E-state index in [2.05, 4.69) is 18.7 Å². The smallest absolute Gasteiger partial charge is 0.165 e. The molecule has 0 fully saturated rings. The van der Waals surface area contributed by atoms with Crippen molar-refractivity contribution < 1.29 is 19.3 Å². The monoisotopic (exact) mass is 421 g/mol. The molecule has 5 nitrogen and oxygen atoms in total. The zero-order valence-electron chi connectivity index (χ0n) is 17.7. The largest absolute Gasteiger partial charge is 0.493 e. The zero-order chi connectivity index (χ0) is 21.2. The van der Waals surface area contributed by atoms with Crippen LogP contribution in [-0.4, -0.2) is 50.0 Å². The highest BCUT2D eigenvalue weighted by Gasteiger charge is 2.17. The van der Waals surface area contributed by atoms with E-state index in [4.69, 9.17) is 25.8 Å². The number of rotatable bonds is 12. The number of aliphatic hydroxyl groups is 1. The van der Waals surface area contributed by atoms with Gasteiger partial charge in [0, 0.05) is 23.7 Å². The van der Waals surface area contributed by atoms with Crippen molar-refractivity contribution in [3.8, 4) is 17.2 Å². The van der Waals surface area contributed by atoms with Gasteiger partial charge in [-0.1, -0.05) is 37.6 Å². The summed E-state index contributed by atoms with van der Waals surface area (Å²) < 4.78 is 16.7. The third kappa shape index (κ3) is 7.77. The van der Waals surface area contributed by atoms with Gasteiger partial charge in [0.15, 0.2) is 11.5 Å². The molecule has 0 radical (unpaired) electrons. The molecule has 29 heavy (non-hydrogen) atoms. The minimum Gasteiger partial charge on any atom is -0.493 e. The number of nitrogens with zero attached hydrogens (tertiary/aromatic N) is 1. The highest BCUT2D eigenvalue weighted by molar-refractivity contribution is 6.30. The van der Waals surface area contributed by atoms with Crippen molar-refractivity contribution in [1.82, 2.24) is 4.90 Å². The molecule has 6 heteroatoms. The fourth-order valence-corrected chi connectivity index (χ4v) is 3.19. The van der Waals surface area contributed by atoms with Gasteiger partial charge in [-0.25, -0.2) is 0 Å². The molecule has 0 unspecified atom stereocenters. The lowest BCUT2D eigenvalue weighted by molar-refractivity contribution is 0.0636. The lowest BCUT2D eigenvalue weighted by atomic mass is 10.1. The van der Waals surface area contributed by atoms with Crippen LogP contribution in [0, 0.1) is 5.92 Å². The van der Waals surface area contributed by atoms with Gasteiger partial charge in [0.25, 0.3) is 0 Å². The molecule has 1 N–H and O–H groups in total. The third-order valence-electron chi connectivity index (χ3n) is 4.63. The van der Waals surface area contributed by atoms with Gasteiger partial charge in [0.1, 0.15) is 18.5 Å². The van der Waals surface area contributed by atoms with Crippen LogP contribution in [0.4, 0.5) is 0 Å². The molecular formula is C23H32ClNO4. The van der Waals surface area contributed by atoms with Gasteiger partial charge < -0.3 is 19.3 Å². The Labute approximate surface area is 179 Å². The lowest BCUT2D eigenvalue weighted by Crippen LogP contribution is -2.36. The van der Waals surface area contributed by atoms with Gasteiger partial charge in [0.2, 0.25) is 0 Å². The molecule has 0 spiro atoms. The summed E-state index contributed by atoms with van der Waals surface area (Å²) in [4.78, 5) is 2.23. The molecule has 2 aromatic rings. The Morgan fingerprint density at radius 3 is 2.38 bits per heavy atom. The number of hydrogen-bond acceptors (Lipinski definition) is 5. The van der Waals surface area contributed by atoms with Gasteiger partial charge in [-0.2, -0.15) is 0 Å². The van der Waals surface area contributed by atoms with Crippen molar-refractivity contribution >= 4 is 11.6 Å². The van der Waals surface area contributed by atoms with Crippen LogP contribution in [0.5, 0.6) is 17.2 Å². The molecule has 0 heterocycles. The number of halogens is 1. The van der Waals surface area contributed by atoms with Crippen LogP contribution in [0.2, 0.25) is 5.02 Å². The first-order valence-electron chi connectivity index (χ1n) is 9.91. The highest BCUT2D eigenvalue weighted by Crippen LogP contribution is 2.31. The van der Waals surface area contributed by atoms with Crippen molar-refractivity contribution in [2.24, 2.45) is 5.92 Å². The van der Waals surface area contributed by atoms with Crippen molar-refractivity contribution in [2.75, 3.05) is 33.9 Å². The van der Waals surface area contributed by atoms with Crippen LogP contribution in [0.25, 0.3) is 0 Å². The number of hydrogen-bond donors (Lipinski definition) is 1. The van der Waals surface area contributed by atoms with E-state index in [0.717, 1.165) is 24.3 Å². The molecule has 0 aliphatic heterocycles. The summed E-state index contributed by atoms with van der Waals surface area (Å²) in [5, 5.41) is 11.2. The van der Waals surface area contributed by atoms with Crippen molar-refractivity contribution in [3.05, 3.63) is 53.1 Å². The second-order valence-corrected chi connectivity index (χ2v) is 7.93. The van der Waals surface area contributed by atoms with E-state index in [1.165, 1.54) is 0 Å². The van der Waals surface area contributed by atoms with E-state index >= 15 is 0 Å². The molecule has 0 saturated carbocycles. The molecule has 1 atom stereocenters. The molecule has 0 aromatic heterocycles. The summed E-state index contributed by atoms with van der Waals surface area (Å²) in [5.74, 6) is 2.71. The van der Waals surface area contributed by atoms with Gasteiger partial charge in [-0.05, 0) is 49.2 Å². The van der Waals surface area contributed by atoms with Crippen molar-refractivity contribution in [2.45, 2.75) is 32.9 Å². The van der Waals surface area contributed by atoms with E-state index in [1.54, 1.807) is 38.5 Å². The highest BCUT2D eigenvalue weighted by atomic mass is 35.5. The first-order chi connectivity index (χ1) is 13.9. The van der Waals surface area contributed by atoms with Gasteiger partial charge in [0.05, 0.1) is 14.2 Å². The molecule has 0 aliphatic rings. The summed E-state index contributed by atoms with van der Waals surface area (Å²) in [6.07, 6.45) is 0.422. The number of aliphatic hydroxyl groups excluding tert-OH is 1. The van der Waals surface area contributed by atoms with Crippen LogP contribution in [0.15, 0.2) is 42.5 Å². The average Bonchev–Trinajstić information content (AvgIpc) is 2.71. The molecule has 0 saturated heterocycles. The molecular weight excluding hydrogens is 390 g/mol. The maximum atomic E-state index is 10.6. The van der Waals surface area contributed by atoms with Crippen LogP contribution in [0.3, 0.4) is 0 Å². The number of methoxy groups -OCH3 is 2. The zero-order valence-corrected chi connectivity index (χ0v) is 18.5. The van der Waals surface area contributed by atoms with E-state index in [9.17, 15) is 5.11 Å². The maximum absolute atomic E-state index is 10.6. The second kappa shape index (κ2) is 11.9. The average molecular weight is 422 g/mol. The predicted molar refractivity (Wildman–Crippen MR) is 117 cm³/mol. The Morgan fingerprint density at radius 2 is 1.76 bits per heavy atom. The van der Waals surface area contributed by atoms with E-state index in [1.807, 2.05) is 18.2 Å². The van der Waals surface area contributed by atoms with Gasteiger partial charge in [-0.3, -0.25) is 4.90 Å². The van der Waals surface area contributed by atoms with Gasteiger partial charge in [-0.15, -0.1) is 0 Å². The Morgan fingerprint density at radius 1 is 1.03 bits per heavy atom. The SMILES string of the molecule is COc1cccc(CN(CCC(C)C)C[C@H](O)COc2ccc(Cl)cc2)c1OC. The maximum Gasteiger partial charge on any atom is 0.165 e.